The number of nitrogens with one attached hydrogen (secondary N) is 2. The first kappa shape index (κ1) is 14.8. The van der Waals surface area contributed by atoms with E-state index in [1.807, 2.05) is 31.2 Å². The van der Waals surface area contributed by atoms with Crippen LogP contribution in [0.4, 0.5) is 17.5 Å². The van der Waals surface area contributed by atoms with Gasteiger partial charge in [-0.15, -0.1) is 0 Å². The SMILES string of the molecule is CCNc1nc(Nc2ccc(I)cc2Cl)cc(C2CC2)n1. The number of hydrogen-bond donors (Lipinski definition) is 2. The van der Waals surface area contributed by atoms with Gasteiger partial charge >= 0.3 is 0 Å². The Labute approximate surface area is 142 Å². The van der Waals surface area contributed by atoms with Crippen molar-refractivity contribution in [2.45, 2.75) is 25.7 Å². The molecule has 0 spiro atoms. The topological polar surface area (TPSA) is 49.8 Å². The molecule has 21 heavy (non-hydrogen) atoms. The molecule has 110 valence electrons. The summed E-state index contributed by atoms with van der Waals surface area (Å²) in [5.41, 5.74) is 1.96. The maximum Gasteiger partial charge on any atom is 0.224 e. The van der Waals surface area contributed by atoms with Crippen molar-refractivity contribution in [3.63, 3.8) is 0 Å². The van der Waals surface area contributed by atoms with Crippen LogP contribution in [0.3, 0.4) is 0 Å². The fraction of sp³-hybridized carbons (Fsp3) is 0.333. The molecule has 0 bridgehead atoms. The zero-order valence-corrected chi connectivity index (χ0v) is 14.6. The summed E-state index contributed by atoms with van der Waals surface area (Å²) in [6.45, 7) is 2.84. The Hall–Kier alpha value is -1.08. The Balaban J connectivity index is 1.89. The maximum atomic E-state index is 6.27. The van der Waals surface area contributed by atoms with Crippen LogP contribution in [0, 0.1) is 3.57 Å². The second-order valence-electron chi connectivity index (χ2n) is 5.06. The van der Waals surface area contributed by atoms with Gasteiger partial charge in [0.05, 0.1) is 16.4 Å². The van der Waals surface area contributed by atoms with Crippen LogP contribution in [-0.2, 0) is 0 Å². The Morgan fingerprint density at radius 2 is 2.10 bits per heavy atom. The fourth-order valence-corrected chi connectivity index (χ4v) is 2.99. The molecule has 0 radical (unpaired) electrons. The van der Waals surface area contributed by atoms with Gasteiger partial charge < -0.3 is 10.6 Å². The van der Waals surface area contributed by atoms with Crippen molar-refractivity contribution in [3.05, 3.63) is 38.6 Å². The second kappa shape index (κ2) is 6.36. The van der Waals surface area contributed by atoms with Crippen LogP contribution in [-0.4, -0.2) is 16.5 Å². The molecule has 3 rings (SSSR count). The lowest BCUT2D eigenvalue weighted by atomic mass is 10.2. The predicted octanol–water partition coefficient (Wildman–Crippen LogP) is 4.79. The van der Waals surface area contributed by atoms with Gasteiger partial charge in [0.1, 0.15) is 5.82 Å². The lowest BCUT2D eigenvalue weighted by Gasteiger charge is -2.11. The molecule has 6 heteroatoms. The third-order valence-electron chi connectivity index (χ3n) is 3.27. The minimum Gasteiger partial charge on any atom is -0.354 e. The van der Waals surface area contributed by atoms with E-state index in [0.717, 1.165) is 27.3 Å². The average molecular weight is 415 g/mol. The molecule has 0 saturated heterocycles. The molecule has 1 aliphatic carbocycles. The van der Waals surface area contributed by atoms with Crippen LogP contribution in [0.15, 0.2) is 24.3 Å². The number of anilines is 3. The lowest BCUT2D eigenvalue weighted by Crippen LogP contribution is -2.06. The molecule has 0 atom stereocenters. The van der Waals surface area contributed by atoms with Gasteiger partial charge in [0.2, 0.25) is 5.95 Å². The summed E-state index contributed by atoms with van der Waals surface area (Å²) < 4.78 is 1.11. The zero-order valence-electron chi connectivity index (χ0n) is 11.7. The first-order valence-corrected chi connectivity index (χ1v) is 8.46. The summed E-state index contributed by atoms with van der Waals surface area (Å²) in [5, 5.41) is 7.17. The number of nitrogens with zero attached hydrogens (tertiary/aromatic N) is 2. The van der Waals surface area contributed by atoms with Crippen LogP contribution in [0.2, 0.25) is 5.02 Å². The van der Waals surface area contributed by atoms with Crippen LogP contribution in [0.1, 0.15) is 31.4 Å². The highest BCUT2D eigenvalue weighted by Crippen LogP contribution is 2.40. The van der Waals surface area contributed by atoms with Crippen LogP contribution in [0.5, 0.6) is 0 Å². The largest absolute Gasteiger partial charge is 0.354 e. The summed E-state index contributed by atoms with van der Waals surface area (Å²) in [5.74, 6) is 2.04. The Bertz CT molecular complexity index is 658. The predicted molar refractivity (Wildman–Crippen MR) is 95.6 cm³/mol. The summed E-state index contributed by atoms with van der Waals surface area (Å²) >= 11 is 8.51. The normalized spacial score (nSPS) is 14.0. The monoisotopic (exact) mass is 414 g/mol. The maximum absolute atomic E-state index is 6.27. The molecular weight excluding hydrogens is 399 g/mol. The van der Waals surface area contributed by atoms with Gasteiger partial charge in [0.25, 0.3) is 0 Å². The van der Waals surface area contributed by atoms with Gasteiger partial charge in [-0.3, -0.25) is 0 Å². The van der Waals surface area contributed by atoms with Gasteiger partial charge in [-0.2, -0.15) is 4.98 Å². The highest BCUT2D eigenvalue weighted by atomic mass is 127. The molecule has 2 aromatic rings. The van der Waals surface area contributed by atoms with E-state index >= 15 is 0 Å². The van der Waals surface area contributed by atoms with Crippen molar-refractivity contribution in [3.8, 4) is 0 Å². The molecule has 0 unspecified atom stereocenters. The third kappa shape index (κ3) is 3.77. The number of rotatable bonds is 5. The molecule has 1 saturated carbocycles. The molecule has 1 fully saturated rings. The molecule has 1 aliphatic rings. The van der Waals surface area contributed by atoms with Gasteiger partial charge in [-0.25, -0.2) is 4.98 Å². The molecule has 0 amide bonds. The zero-order chi connectivity index (χ0) is 14.8. The van der Waals surface area contributed by atoms with E-state index < -0.39 is 0 Å². The number of aromatic nitrogens is 2. The summed E-state index contributed by atoms with van der Waals surface area (Å²) in [6.07, 6.45) is 2.43. The molecular formula is C15H16ClIN4. The number of hydrogen-bond acceptors (Lipinski definition) is 4. The first-order valence-electron chi connectivity index (χ1n) is 7.00. The van der Waals surface area contributed by atoms with E-state index in [0.29, 0.717) is 16.9 Å². The van der Waals surface area contributed by atoms with E-state index in [1.165, 1.54) is 12.8 Å². The third-order valence-corrected chi connectivity index (χ3v) is 4.25. The van der Waals surface area contributed by atoms with E-state index in [9.17, 15) is 0 Å². The minimum atomic E-state index is 0.582. The highest BCUT2D eigenvalue weighted by molar-refractivity contribution is 14.1. The molecule has 1 aromatic carbocycles. The van der Waals surface area contributed by atoms with Crippen molar-refractivity contribution >= 4 is 51.6 Å². The van der Waals surface area contributed by atoms with Crippen LogP contribution in [0.25, 0.3) is 0 Å². The van der Waals surface area contributed by atoms with E-state index in [2.05, 4.69) is 43.2 Å². The van der Waals surface area contributed by atoms with Crippen molar-refractivity contribution in [2.24, 2.45) is 0 Å². The smallest absolute Gasteiger partial charge is 0.224 e. The Morgan fingerprint density at radius 3 is 2.76 bits per heavy atom. The van der Waals surface area contributed by atoms with Crippen molar-refractivity contribution in [2.75, 3.05) is 17.2 Å². The summed E-state index contributed by atoms with van der Waals surface area (Å²) in [4.78, 5) is 9.07. The lowest BCUT2D eigenvalue weighted by molar-refractivity contribution is 0.978. The van der Waals surface area contributed by atoms with E-state index in [4.69, 9.17) is 11.6 Å². The number of halogens is 2. The second-order valence-corrected chi connectivity index (χ2v) is 6.71. The van der Waals surface area contributed by atoms with Gasteiger partial charge in [-0.1, -0.05) is 11.6 Å². The standard InChI is InChI=1S/C15H16ClIN4/c1-2-18-15-20-13(9-3-4-9)8-14(21-15)19-12-6-5-10(17)7-11(12)16/h5-9H,2-4H2,1H3,(H2,18,19,20,21). The van der Waals surface area contributed by atoms with Gasteiger partial charge in [0, 0.05) is 22.1 Å². The van der Waals surface area contributed by atoms with E-state index in [-0.39, 0.29) is 0 Å². The molecule has 0 aliphatic heterocycles. The van der Waals surface area contributed by atoms with E-state index in [1.54, 1.807) is 0 Å². The van der Waals surface area contributed by atoms with Crippen LogP contribution < -0.4 is 10.6 Å². The minimum absolute atomic E-state index is 0.582. The summed E-state index contributed by atoms with van der Waals surface area (Å²) in [6, 6.07) is 7.93. The summed E-state index contributed by atoms with van der Waals surface area (Å²) in [7, 11) is 0. The van der Waals surface area contributed by atoms with Crippen molar-refractivity contribution < 1.29 is 0 Å². The molecule has 1 aromatic heterocycles. The average Bonchev–Trinajstić information content (AvgIpc) is 3.27. The Kier molecular flexibility index (Phi) is 4.49. The Morgan fingerprint density at radius 1 is 1.29 bits per heavy atom. The molecule has 1 heterocycles. The fourth-order valence-electron chi connectivity index (χ4n) is 2.08. The molecule has 4 nitrogen and oxygen atoms in total. The quantitative estimate of drug-likeness (QED) is 0.691. The molecule has 2 N–H and O–H groups in total. The van der Waals surface area contributed by atoms with Gasteiger partial charge in [-0.05, 0) is 60.6 Å². The van der Waals surface area contributed by atoms with Crippen molar-refractivity contribution in [1.82, 2.24) is 9.97 Å². The number of benzene rings is 1. The van der Waals surface area contributed by atoms with Gasteiger partial charge in [0.15, 0.2) is 0 Å². The van der Waals surface area contributed by atoms with Crippen molar-refractivity contribution in [1.29, 1.82) is 0 Å². The van der Waals surface area contributed by atoms with Crippen LogP contribution >= 0.6 is 34.2 Å². The first-order chi connectivity index (χ1) is 10.2. The highest BCUT2D eigenvalue weighted by Gasteiger charge is 2.26.